The van der Waals surface area contributed by atoms with Crippen LogP contribution < -0.4 is 15.5 Å². The highest BCUT2D eigenvalue weighted by Crippen LogP contribution is 2.34. The van der Waals surface area contributed by atoms with Gasteiger partial charge in [0.1, 0.15) is 11.6 Å². The SMILES string of the molecule is Cc1ccc(N2CCOCC2)cc1NC(=O)NC1(c2ccc(F)cc2F)CCOCC1. The van der Waals surface area contributed by atoms with Crippen LogP contribution in [-0.2, 0) is 15.0 Å². The highest BCUT2D eigenvalue weighted by molar-refractivity contribution is 5.91. The number of morpholine rings is 1. The van der Waals surface area contributed by atoms with Crippen molar-refractivity contribution in [2.75, 3.05) is 49.7 Å². The van der Waals surface area contributed by atoms with Crippen molar-refractivity contribution in [2.45, 2.75) is 25.3 Å². The largest absolute Gasteiger partial charge is 0.381 e. The van der Waals surface area contributed by atoms with Crippen molar-refractivity contribution >= 4 is 17.4 Å². The standard InChI is InChI=1S/C23H27F2N3O3/c1-16-2-4-18(28-8-12-31-13-9-28)15-21(16)26-22(29)27-23(6-10-30-11-7-23)19-5-3-17(24)14-20(19)25/h2-5,14-15H,6-13H2,1H3,(H2,26,27,29). The highest BCUT2D eigenvalue weighted by atomic mass is 19.1. The van der Waals surface area contributed by atoms with Crippen molar-refractivity contribution in [1.82, 2.24) is 5.32 Å². The zero-order valence-corrected chi connectivity index (χ0v) is 17.5. The van der Waals surface area contributed by atoms with E-state index in [0.29, 0.717) is 45.0 Å². The molecule has 6 nitrogen and oxygen atoms in total. The van der Waals surface area contributed by atoms with Gasteiger partial charge in [-0.25, -0.2) is 13.6 Å². The molecule has 2 heterocycles. The maximum atomic E-state index is 14.6. The Hall–Kier alpha value is -2.71. The lowest BCUT2D eigenvalue weighted by molar-refractivity contribution is 0.0404. The second-order valence-corrected chi connectivity index (χ2v) is 8.00. The van der Waals surface area contributed by atoms with Crippen LogP contribution in [0.25, 0.3) is 0 Å². The third kappa shape index (κ3) is 4.80. The summed E-state index contributed by atoms with van der Waals surface area (Å²) in [5, 5.41) is 5.87. The van der Waals surface area contributed by atoms with Gasteiger partial charge < -0.3 is 25.0 Å². The molecule has 2 amide bonds. The van der Waals surface area contributed by atoms with Crippen molar-refractivity contribution in [3.05, 3.63) is 59.2 Å². The van der Waals surface area contributed by atoms with E-state index in [1.165, 1.54) is 12.1 Å². The van der Waals surface area contributed by atoms with E-state index in [0.717, 1.165) is 30.4 Å². The van der Waals surface area contributed by atoms with Gasteiger partial charge in [0.15, 0.2) is 0 Å². The first-order valence-electron chi connectivity index (χ1n) is 10.5. The van der Waals surface area contributed by atoms with E-state index >= 15 is 0 Å². The number of urea groups is 1. The third-order valence-electron chi connectivity index (χ3n) is 5.99. The molecule has 166 valence electrons. The van der Waals surface area contributed by atoms with Gasteiger partial charge in [-0.1, -0.05) is 12.1 Å². The Morgan fingerprint density at radius 2 is 1.71 bits per heavy atom. The van der Waals surface area contributed by atoms with Gasteiger partial charge in [-0.2, -0.15) is 0 Å². The summed E-state index contributed by atoms with van der Waals surface area (Å²) in [7, 11) is 0. The summed E-state index contributed by atoms with van der Waals surface area (Å²) >= 11 is 0. The van der Waals surface area contributed by atoms with Crippen LogP contribution >= 0.6 is 0 Å². The molecule has 2 aliphatic heterocycles. The van der Waals surface area contributed by atoms with Crippen molar-refractivity contribution < 1.29 is 23.0 Å². The summed E-state index contributed by atoms with van der Waals surface area (Å²) in [6, 6.07) is 8.96. The smallest absolute Gasteiger partial charge is 0.319 e. The van der Waals surface area contributed by atoms with E-state index in [1.54, 1.807) is 0 Å². The normalized spacial score (nSPS) is 18.5. The first-order valence-corrected chi connectivity index (χ1v) is 10.5. The zero-order valence-electron chi connectivity index (χ0n) is 17.5. The topological polar surface area (TPSA) is 62.8 Å². The summed E-state index contributed by atoms with van der Waals surface area (Å²) < 4.78 is 38.9. The molecule has 0 spiro atoms. The first kappa shape index (κ1) is 21.5. The average molecular weight is 431 g/mol. The molecule has 0 radical (unpaired) electrons. The van der Waals surface area contributed by atoms with Crippen molar-refractivity contribution in [2.24, 2.45) is 0 Å². The zero-order chi connectivity index (χ0) is 21.8. The fourth-order valence-electron chi connectivity index (χ4n) is 4.19. The molecule has 2 aromatic rings. The molecule has 0 unspecified atom stereocenters. The Balaban J connectivity index is 1.54. The summed E-state index contributed by atoms with van der Waals surface area (Å²) in [6.07, 6.45) is 0.797. The lowest BCUT2D eigenvalue weighted by Gasteiger charge is -2.38. The summed E-state index contributed by atoms with van der Waals surface area (Å²) in [6.45, 7) is 5.60. The minimum absolute atomic E-state index is 0.270. The van der Waals surface area contributed by atoms with Gasteiger partial charge in [-0.3, -0.25) is 0 Å². The number of carbonyl (C=O) groups excluding carboxylic acids is 1. The molecule has 2 saturated heterocycles. The van der Waals surface area contributed by atoms with Gasteiger partial charge in [0.05, 0.1) is 18.8 Å². The fourth-order valence-corrected chi connectivity index (χ4v) is 4.19. The number of hydrogen-bond donors (Lipinski definition) is 2. The molecule has 0 aliphatic carbocycles. The molecule has 31 heavy (non-hydrogen) atoms. The van der Waals surface area contributed by atoms with Crippen molar-refractivity contribution in [3.63, 3.8) is 0 Å². The van der Waals surface area contributed by atoms with Crippen LogP contribution in [0.2, 0.25) is 0 Å². The number of nitrogens with one attached hydrogen (secondary N) is 2. The lowest BCUT2D eigenvalue weighted by Crippen LogP contribution is -2.51. The molecule has 2 aliphatic rings. The van der Waals surface area contributed by atoms with Gasteiger partial charge in [-0.05, 0) is 43.5 Å². The second kappa shape index (κ2) is 9.20. The molecule has 0 saturated carbocycles. The number of aryl methyl sites for hydroxylation is 1. The minimum atomic E-state index is -0.962. The molecule has 2 fully saturated rings. The number of carbonyl (C=O) groups is 1. The van der Waals surface area contributed by atoms with E-state index in [2.05, 4.69) is 15.5 Å². The van der Waals surface area contributed by atoms with E-state index < -0.39 is 23.2 Å². The predicted octanol–water partition coefficient (Wildman–Crippen LogP) is 3.94. The van der Waals surface area contributed by atoms with Crippen LogP contribution in [0.3, 0.4) is 0 Å². The Labute approximate surface area is 180 Å². The first-order chi connectivity index (χ1) is 15.0. The second-order valence-electron chi connectivity index (χ2n) is 8.00. The van der Waals surface area contributed by atoms with Crippen LogP contribution in [0.4, 0.5) is 25.0 Å². The number of amides is 2. The number of nitrogens with zero attached hydrogens (tertiary/aromatic N) is 1. The van der Waals surface area contributed by atoms with Crippen LogP contribution in [0, 0.1) is 18.6 Å². The monoisotopic (exact) mass is 431 g/mol. The number of anilines is 2. The molecule has 2 N–H and O–H groups in total. The maximum Gasteiger partial charge on any atom is 0.319 e. The lowest BCUT2D eigenvalue weighted by atomic mass is 9.82. The van der Waals surface area contributed by atoms with Gasteiger partial charge in [-0.15, -0.1) is 0 Å². The average Bonchev–Trinajstić information content (AvgIpc) is 2.76. The maximum absolute atomic E-state index is 14.6. The third-order valence-corrected chi connectivity index (χ3v) is 5.99. The molecular formula is C23H27F2N3O3. The van der Waals surface area contributed by atoms with Crippen LogP contribution in [0.15, 0.2) is 36.4 Å². The van der Waals surface area contributed by atoms with Crippen molar-refractivity contribution in [3.8, 4) is 0 Å². The molecule has 0 aromatic heterocycles. The van der Waals surface area contributed by atoms with Crippen molar-refractivity contribution in [1.29, 1.82) is 0 Å². The Kier molecular flexibility index (Phi) is 6.38. The molecule has 0 atom stereocenters. The summed E-state index contributed by atoms with van der Waals surface area (Å²) in [5.41, 5.74) is 1.92. The Morgan fingerprint density at radius 3 is 2.42 bits per heavy atom. The van der Waals surface area contributed by atoms with Crippen LogP contribution in [0.1, 0.15) is 24.0 Å². The molecule has 8 heteroatoms. The number of halogens is 2. The molecule has 4 rings (SSSR count). The van der Waals surface area contributed by atoms with E-state index in [-0.39, 0.29) is 5.56 Å². The van der Waals surface area contributed by atoms with E-state index in [9.17, 15) is 13.6 Å². The number of ether oxygens (including phenoxy) is 2. The highest BCUT2D eigenvalue weighted by Gasteiger charge is 2.38. The van der Waals surface area contributed by atoms with E-state index in [4.69, 9.17) is 9.47 Å². The minimum Gasteiger partial charge on any atom is -0.381 e. The predicted molar refractivity (Wildman–Crippen MR) is 114 cm³/mol. The van der Waals surface area contributed by atoms with E-state index in [1.807, 2.05) is 25.1 Å². The molecular weight excluding hydrogens is 404 g/mol. The van der Waals surface area contributed by atoms with Crippen LogP contribution in [-0.4, -0.2) is 45.5 Å². The van der Waals surface area contributed by atoms with Gasteiger partial charge >= 0.3 is 6.03 Å². The van der Waals surface area contributed by atoms with Gasteiger partial charge in [0.2, 0.25) is 0 Å². The van der Waals surface area contributed by atoms with Gasteiger partial charge in [0.25, 0.3) is 0 Å². The summed E-state index contributed by atoms with van der Waals surface area (Å²) in [5.74, 6) is -1.32. The number of hydrogen-bond acceptors (Lipinski definition) is 4. The molecule has 0 bridgehead atoms. The van der Waals surface area contributed by atoms with Gasteiger partial charge in [0, 0.05) is 49.3 Å². The number of benzene rings is 2. The quantitative estimate of drug-likeness (QED) is 0.770. The Morgan fingerprint density at radius 1 is 1.00 bits per heavy atom. The fraction of sp³-hybridized carbons (Fsp3) is 0.435. The molecule has 2 aromatic carbocycles. The number of rotatable bonds is 4. The Bertz CT molecular complexity index is 942. The van der Waals surface area contributed by atoms with Crippen LogP contribution in [0.5, 0.6) is 0 Å². The summed E-state index contributed by atoms with van der Waals surface area (Å²) in [4.78, 5) is 15.2.